The van der Waals surface area contributed by atoms with Crippen molar-refractivity contribution < 1.29 is 28.7 Å². The minimum absolute atomic E-state index is 0.0993. The van der Waals surface area contributed by atoms with E-state index in [4.69, 9.17) is 4.74 Å². The summed E-state index contributed by atoms with van der Waals surface area (Å²) in [7, 11) is 1.61. The third-order valence-corrected chi connectivity index (χ3v) is 9.97. The van der Waals surface area contributed by atoms with Gasteiger partial charge in [0.1, 0.15) is 11.8 Å². The van der Waals surface area contributed by atoms with E-state index >= 15 is 0 Å². The van der Waals surface area contributed by atoms with Crippen LogP contribution in [0.3, 0.4) is 0 Å². The number of rotatable bonds is 19. The van der Waals surface area contributed by atoms with Crippen molar-refractivity contribution in [3.8, 4) is 5.75 Å². The standard InChI is InChI=1S/C42H49N7O6/c1-43-39(51)32-26-47-33-21-20-29(25-31(33)38(32)48-28-15-9-8-10-16-28)44-22-11-6-4-2-3-5-7-12-23-45-36(50)27-55-35-19-13-17-30-37(35)42(54)49(41(30)53)34-18-14-24-46-40(34)52/h8-10,13,15-17,19-21,25-26,34,44H,2-7,11-12,14,18,22-24,27H2,1H3,(H,43,51)(H,45,50)(H,46,52)(H,47,48). The maximum absolute atomic E-state index is 13.2. The van der Waals surface area contributed by atoms with E-state index in [0.717, 1.165) is 90.8 Å². The number of imide groups is 1. The molecule has 5 N–H and O–H groups in total. The third-order valence-electron chi connectivity index (χ3n) is 9.97. The fourth-order valence-electron chi connectivity index (χ4n) is 7.05. The van der Waals surface area contributed by atoms with E-state index in [1.54, 1.807) is 31.4 Å². The molecule has 13 nitrogen and oxygen atoms in total. The maximum atomic E-state index is 13.2. The SMILES string of the molecule is CNC(=O)c1cnc2ccc(NCCCCCCCCCCNC(=O)COc3cccc4c3C(=O)N(C3CCCNC3=O)C4=O)cc2c1Nc1ccccc1. The van der Waals surface area contributed by atoms with E-state index in [1.807, 2.05) is 48.5 Å². The van der Waals surface area contributed by atoms with Gasteiger partial charge in [0.05, 0.1) is 27.9 Å². The van der Waals surface area contributed by atoms with E-state index in [0.29, 0.717) is 31.5 Å². The second kappa shape index (κ2) is 18.9. The zero-order valence-corrected chi connectivity index (χ0v) is 31.2. The number of benzene rings is 3. The van der Waals surface area contributed by atoms with Crippen molar-refractivity contribution in [1.82, 2.24) is 25.8 Å². The largest absolute Gasteiger partial charge is 0.483 e. The molecular formula is C42H49N7O6. The Morgan fingerprint density at radius 2 is 1.60 bits per heavy atom. The van der Waals surface area contributed by atoms with Gasteiger partial charge < -0.3 is 31.3 Å². The summed E-state index contributed by atoms with van der Waals surface area (Å²) in [6.45, 7) is 1.62. The molecule has 2 aliphatic heterocycles. The van der Waals surface area contributed by atoms with Crippen LogP contribution in [0.25, 0.3) is 10.9 Å². The van der Waals surface area contributed by atoms with E-state index in [-0.39, 0.29) is 41.2 Å². The Morgan fingerprint density at radius 1 is 0.855 bits per heavy atom. The molecule has 0 bridgehead atoms. The minimum atomic E-state index is -0.841. The zero-order valence-electron chi connectivity index (χ0n) is 31.2. The topological polar surface area (TPSA) is 171 Å². The lowest BCUT2D eigenvalue weighted by atomic mass is 10.1. The molecule has 13 heteroatoms. The molecule has 1 unspecified atom stereocenters. The van der Waals surface area contributed by atoms with Crippen LogP contribution in [0, 0.1) is 0 Å². The average Bonchev–Trinajstić information content (AvgIpc) is 3.46. The lowest BCUT2D eigenvalue weighted by Crippen LogP contribution is -2.52. The first-order chi connectivity index (χ1) is 26.9. The molecule has 0 radical (unpaired) electrons. The molecule has 5 amide bonds. The molecule has 1 fully saturated rings. The summed E-state index contributed by atoms with van der Waals surface area (Å²) in [4.78, 5) is 69.3. The number of carbonyl (C=O) groups excluding carboxylic acids is 5. The summed E-state index contributed by atoms with van der Waals surface area (Å²) in [5, 5.41) is 16.1. The summed E-state index contributed by atoms with van der Waals surface area (Å²) in [6.07, 6.45) is 11.3. The third kappa shape index (κ3) is 9.58. The van der Waals surface area contributed by atoms with Crippen molar-refractivity contribution >= 4 is 57.5 Å². The number of hydrogen-bond donors (Lipinski definition) is 5. The molecule has 55 heavy (non-hydrogen) atoms. The van der Waals surface area contributed by atoms with E-state index < -0.39 is 17.9 Å². The monoisotopic (exact) mass is 747 g/mol. The molecule has 1 aromatic heterocycles. The summed E-state index contributed by atoms with van der Waals surface area (Å²) in [6, 6.07) is 19.7. The average molecular weight is 748 g/mol. The Labute approximate surface area is 321 Å². The van der Waals surface area contributed by atoms with Gasteiger partial charge >= 0.3 is 0 Å². The highest BCUT2D eigenvalue weighted by atomic mass is 16.5. The number of anilines is 3. The number of ether oxygens (including phenoxy) is 1. The van der Waals surface area contributed by atoms with Gasteiger partial charge in [-0.3, -0.25) is 33.9 Å². The van der Waals surface area contributed by atoms with E-state index in [9.17, 15) is 24.0 Å². The summed E-state index contributed by atoms with van der Waals surface area (Å²) < 4.78 is 5.69. The van der Waals surface area contributed by atoms with Crippen molar-refractivity contribution in [3.05, 3.63) is 89.6 Å². The van der Waals surface area contributed by atoms with Crippen LogP contribution >= 0.6 is 0 Å². The van der Waals surface area contributed by atoms with Crippen molar-refractivity contribution in [3.63, 3.8) is 0 Å². The van der Waals surface area contributed by atoms with Crippen LogP contribution in [-0.4, -0.2) is 78.8 Å². The quantitative estimate of drug-likeness (QED) is 0.0576. The molecule has 0 aliphatic carbocycles. The molecule has 3 aromatic carbocycles. The lowest BCUT2D eigenvalue weighted by Gasteiger charge is -2.28. The molecule has 3 heterocycles. The molecule has 1 atom stereocenters. The van der Waals surface area contributed by atoms with Gasteiger partial charge in [0.25, 0.3) is 23.6 Å². The van der Waals surface area contributed by atoms with Crippen molar-refractivity contribution in [2.24, 2.45) is 0 Å². The summed E-state index contributed by atoms with van der Waals surface area (Å²) in [5.41, 5.74) is 4.16. The summed E-state index contributed by atoms with van der Waals surface area (Å²) in [5.74, 6) is -1.76. The number of nitrogens with zero attached hydrogens (tertiary/aromatic N) is 2. The number of nitrogens with one attached hydrogen (secondary N) is 5. The van der Waals surface area contributed by atoms with Gasteiger partial charge in [-0.1, -0.05) is 62.8 Å². The Morgan fingerprint density at radius 3 is 2.35 bits per heavy atom. The first kappa shape index (κ1) is 38.7. The van der Waals surface area contributed by atoms with Gasteiger partial charge in [-0.25, -0.2) is 0 Å². The first-order valence-electron chi connectivity index (χ1n) is 19.2. The zero-order chi connectivity index (χ0) is 38.6. The number of unbranched alkanes of at least 4 members (excludes halogenated alkanes) is 7. The molecule has 2 aliphatic rings. The highest BCUT2D eigenvalue weighted by Gasteiger charge is 2.45. The fraction of sp³-hybridized carbons (Fsp3) is 0.381. The predicted molar refractivity (Wildman–Crippen MR) is 212 cm³/mol. The Bertz CT molecular complexity index is 2020. The van der Waals surface area contributed by atoms with Crippen LogP contribution in [0.4, 0.5) is 17.1 Å². The smallest absolute Gasteiger partial charge is 0.266 e. The van der Waals surface area contributed by atoms with Gasteiger partial charge in [-0.2, -0.15) is 0 Å². The second-order valence-electron chi connectivity index (χ2n) is 13.9. The minimum Gasteiger partial charge on any atom is -0.483 e. The Hall–Kier alpha value is -5.98. The van der Waals surface area contributed by atoms with Crippen LogP contribution in [0.5, 0.6) is 5.75 Å². The highest BCUT2D eigenvalue weighted by molar-refractivity contribution is 6.24. The molecule has 288 valence electrons. The number of carbonyl (C=O) groups is 5. The van der Waals surface area contributed by atoms with Crippen molar-refractivity contribution in [1.29, 1.82) is 0 Å². The predicted octanol–water partition coefficient (Wildman–Crippen LogP) is 5.94. The van der Waals surface area contributed by atoms with Crippen molar-refractivity contribution in [2.45, 2.75) is 70.3 Å². The van der Waals surface area contributed by atoms with Crippen molar-refractivity contribution in [2.75, 3.05) is 43.9 Å². The van der Waals surface area contributed by atoms with E-state index in [2.05, 4.69) is 31.6 Å². The van der Waals surface area contributed by atoms with Crippen LogP contribution in [0.15, 0.2) is 72.9 Å². The van der Waals surface area contributed by atoms with E-state index in [1.165, 1.54) is 0 Å². The molecule has 4 aromatic rings. The van der Waals surface area contributed by atoms with Gasteiger partial charge in [0.2, 0.25) is 5.91 Å². The molecular weight excluding hydrogens is 699 g/mol. The van der Waals surface area contributed by atoms with Gasteiger partial charge in [0.15, 0.2) is 6.61 Å². The second-order valence-corrected chi connectivity index (χ2v) is 13.9. The number of amides is 5. The van der Waals surface area contributed by atoms with Crippen LogP contribution in [0.1, 0.15) is 95.3 Å². The number of aromatic nitrogens is 1. The number of fused-ring (bicyclic) bond motifs is 2. The normalized spacial score (nSPS) is 15.0. The first-order valence-corrected chi connectivity index (χ1v) is 19.2. The maximum Gasteiger partial charge on any atom is 0.266 e. The van der Waals surface area contributed by atoms with Gasteiger partial charge in [-0.05, 0) is 68.1 Å². The Kier molecular flexibility index (Phi) is 13.3. The van der Waals surface area contributed by atoms with Gasteiger partial charge in [0, 0.05) is 49.6 Å². The van der Waals surface area contributed by atoms with Crippen LogP contribution in [0.2, 0.25) is 0 Å². The van der Waals surface area contributed by atoms with Gasteiger partial charge in [-0.15, -0.1) is 0 Å². The summed E-state index contributed by atoms with van der Waals surface area (Å²) >= 11 is 0. The lowest BCUT2D eigenvalue weighted by molar-refractivity contribution is -0.126. The number of piperidine rings is 1. The van der Waals surface area contributed by atoms with Crippen LogP contribution in [-0.2, 0) is 9.59 Å². The number of hydrogen-bond acceptors (Lipinski definition) is 9. The number of pyridine rings is 1. The van der Waals surface area contributed by atoms with Crippen LogP contribution < -0.4 is 31.3 Å². The highest BCUT2D eigenvalue weighted by Crippen LogP contribution is 2.34. The fourth-order valence-corrected chi connectivity index (χ4v) is 7.05. The molecule has 6 rings (SSSR count). The molecule has 0 spiro atoms. The molecule has 0 saturated carbocycles. The number of para-hydroxylation sites is 1. The molecule has 1 saturated heterocycles. The Balaban J connectivity index is 0.844.